The van der Waals surface area contributed by atoms with Crippen molar-refractivity contribution < 1.29 is 32.9 Å². The van der Waals surface area contributed by atoms with Crippen LogP contribution in [0.1, 0.15) is 24.5 Å². The Morgan fingerprint density at radius 3 is 2.61 bits per heavy atom. The number of rotatable bonds is 4. The van der Waals surface area contributed by atoms with Crippen molar-refractivity contribution in [1.29, 1.82) is 0 Å². The van der Waals surface area contributed by atoms with Crippen LogP contribution in [0.15, 0.2) is 18.2 Å². The standard InChI is InChI=1S/C17H25NO2S.C2HF3O2/c1-3-7-18-10-13(11-21-2)20-17-9-14-12(8-15(17)18)5-4-6-16(14)19;3-2(4,5)1(6)7/h4-6,13,15,17,19H,3,7-11H2,1-2H3;(H,6,7)/t13-,15+,17+;/m0./s1. The van der Waals surface area contributed by atoms with Gasteiger partial charge in [0.15, 0.2) is 0 Å². The molecule has 0 saturated carbocycles. The number of aliphatic carboxylic acids is 1. The smallest absolute Gasteiger partial charge is 0.490 e. The lowest BCUT2D eigenvalue weighted by Gasteiger charge is -2.47. The molecule has 1 fully saturated rings. The summed E-state index contributed by atoms with van der Waals surface area (Å²) in [5.74, 6) is -1.27. The van der Waals surface area contributed by atoms with Crippen LogP contribution in [0.2, 0.25) is 0 Å². The molecule has 28 heavy (non-hydrogen) atoms. The Labute approximate surface area is 166 Å². The van der Waals surface area contributed by atoms with Gasteiger partial charge in [-0.2, -0.15) is 24.9 Å². The van der Waals surface area contributed by atoms with E-state index >= 15 is 0 Å². The van der Waals surface area contributed by atoms with Crippen LogP contribution in [0, 0.1) is 0 Å². The van der Waals surface area contributed by atoms with Crippen LogP contribution in [-0.2, 0) is 22.4 Å². The lowest BCUT2D eigenvalue weighted by Crippen LogP contribution is -2.58. The second-order valence-electron chi connectivity index (χ2n) is 6.94. The summed E-state index contributed by atoms with van der Waals surface area (Å²) in [5, 5.41) is 17.2. The zero-order chi connectivity index (χ0) is 20.9. The van der Waals surface area contributed by atoms with Gasteiger partial charge in [-0.25, -0.2) is 4.79 Å². The van der Waals surface area contributed by atoms with Crippen molar-refractivity contribution in [2.24, 2.45) is 0 Å². The lowest BCUT2D eigenvalue weighted by atomic mass is 9.83. The molecule has 0 spiro atoms. The number of hydrogen-bond donors (Lipinski definition) is 2. The van der Waals surface area contributed by atoms with Gasteiger partial charge in [0.05, 0.1) is 12.2 Å². The number of fused-ring (bicyclic) bond motifs is 2. The number of morpholine rings is 1. The highest BCUT2D eigenvalue weighted by molar-refractivity contribution is 7.98. The normalized spacial score (nSPS) is 24.5. The van der Waals surface area contributed by atoms with Gasteiger partial charge in [0, 0.05) is 24.8 Å². The average Bonchev–Trinajstić information content (AvgIpc) is 2.61. The van der Waals surface area contributed by atoms with Crippen LogP contribution in [0.5, 0.6) is 5.75 Å². The van der Waals surface area contributed by atoms with Crippen molar-refractivity contribution in [3.05, 3.63) is 29.3 Å². The van der Waals surface area contributed by atoms with E-state index in [2.05, 4.69) is 24.1 Å². The van der Waals surface area contributed by atoms with Gasteiger partial charge in [-0.05, 0) is 42.8 Å². The summed E-state index contributed by atoms with van der Waals surface area (Å²) in [5.41, 5.74) is 2.39. The van der Waals surface area contributed by atoms with E-state index in [-0.39, 0.29) is 6.10 Å². The van der Waals surface area contributed by atoms with E-state index in [1.54, 1.807) is 6.07 Å². The fourth-order valence-electron chi connectivity index (χ4n) is 3.75. The minimum absolute atomic E-state index is 0.225. The van der Waals surface area contributed by atoms with Gasteiger partial charge in [0.1, 0.15) is 5.75 Å². The average molecular weight is 421 g/mol. The van der Waals surface area contributed by atoms with Crippen LogP contribution >= 0.6 is 11.8 Å². The molecule has 0 aromatic heterocycles. The molecule has 5 nitrogen and oxygen atoms in total. The first-order chi connectivity index (χ1) is 13.2. The monoisotopic (exact) mass is 421 g/mol. The van der Waals surface area contributed by atoms with E-state index in [0.717, 1.165) is 37.2 Å². The van der Waals surface area contributed by atoms with E-state index in [0.29, 0.717) is 17.9 Å². The second kappa shape index (κ2) is 9.84. The molecule has 0 bridgehead atoms. The SMILES string of the molecule is CCCN1C[C@@H](CSC)O[C@@H]2Cc3c(O)cccc3C[C@H]21.O=C(O)C(F)(F)F. The van der Waals surface area contributed by atoms with E-state index in [1.165, 1.54) is 12.0 Å². The van der Waals surface area contributed by atoms with Gasteiger partial charge < -0.3 is 14.9 Å². The Hall–Kier alpha value is -1.45. The van der Waals surface area contributed by atoms with Crippen LogP contribution in [0.3, 0.4) is 0 Å². The largest absolute Gasteiger partial charge is 0.508 e. The first-order valence-electron chi connectivity index (χ1n) is 9.15. The molecule has 3 rings (SSSR count). The van der Waals surface area contributed by atoms with Gasteiger partial charge in [0.25, 0.3) is 0 Å². The minimum Gasteiger partial charge on any atom is -0.508 e. The number of carboxylic acid groups (broad SMARTS) is 1. The third-order valence-electron chi connectivity index (χ3n) is 4.89. The molecule has 2 aliphatic rings. The zero-order valence-electron chi connectivity index (χ0n) is 15.9. The molecule has 0 amide bonds. The highest BCUT2D eigenvalue weighted by Crippen LogP contribution is 2.35. The maximum absolute atomic E-state index is 10.6. The Kier molecular flexibility index (Phi) is 8.03. The van der Waals surface area contributed by atoms with E-state index in [9.17, 15) is 18.3 Å². The molecule has 3 atom stereocenters. The van der Waals surface area contributed by atoms with Gasteiger partial charge in [-0.15, -0.1) is 0 Å². The molecule has 1 aromatic carbocycles. The van der Waals surface area contributed by atoms with Gasteiger partial charge in [-0.1, -0.05) is 19.1 Å². The maximum atomic E-state index is 10.6. The number of phenols is 1. The highest BCUT2D eigenvalue weighted by Gasteiger charge is 2.40. The van der Waals surface area contributed by atoms with Crippen LogP contribution in [0.4, 0.5) is 13.2 Å². The molecule has 1 aliphatic heterocycles. The molecule has 1 aliphatic carbocycles. The van der Waals surface area contributed by atoms with Crippen molar-refractivity contribution >= 4 is 17.7 Å². The first kappa shape index (κ1) is 22.8. The summed E-state index contributed by atoms with van der Waals surface area (Å²) in [6.07, 6.45) is 0.630. The number of hydrogen-bond acceptors (Lipinski definition) is 5. The van der Waals surface area contributed by atoms with E-state index in [1.807, 2.05) is 17.8 Å². The van der Waals surface area contributed by atoms with Crippen LogP contribution in [0.25, 0.3) is 0 Å². The number of nitrogens with zero attached hydrogens (tertiary/aromatic N) is 1. The number of phenolic OH excluding ortho intramolecular Hbond substituents is 1. The van der Waals surface area contributed by atoms with Crippen molar-refractivity contribution in [3.63, 3.8) is 0 Å². The number of aromatic hydroxyl groups is 1. The molecule has 158 valence electrons. The van der Waals surface area contributed by atoms with Crippen molar-refractivity contribution in [3.8, 4) is 5.75 Å². The fraction of sp³-hybridized carbons (Fsp3) is 0.632. The highest BCUT2D eigenvalue weighted by atomic mass is 32.2. The fourth-order valence-corrected chi connectivity index (χ4v) is 4.31. The zero-order valence-corrected chi connectivity index (χ0v) is 16.7. The number of thioether (sulfide) groups is 1. The third-order valence-corrected chi connectivity index (χ3v) is 5.60. The number of ether oxygens (including phenoxy) is 1. The van der Waals surface area contributed by atoms with Crippen LogP contribution < -0.4 is 0 Å². The minimum atomic E-state index is -5.08. The predicted molar refractivity (Wildman–Crippen MR) is 102 cm³/mol. The van der Waals surface area contributed by atoms with Gasteiger partial charge >= 0.3 is 12.1 Å². The molecular weight excluding hydrogens is 395 g/mol. The molecule has 1 aromatic rings. The topological polar surface area (TPSA) is 70.0 Å². The van der Waals surface area contributed by atoms with Crippen molar-refractivity contribution in [2.45, 2.75) is 50.6 Å². The Morgan fingerprint density at radius 1 is 1.36 bits per heavy atom. The van der Waals surface area contributed by atoms with Crippen LogP contribution in [-0.4, -0.2) is 70.6 Å². The summed E-state index contributed by atoms with van der Waals surface area (Å²) in [4.78, 5) is 11.5. The first-order valence-corrected chi connectivity index (χ1v) is 10.5. The van der Waals surface area contributed by atoms with E-state index < -0.39 is 12.1 Å². The molecule has 0 unspecified atom stereocenters. The number of carboxylic acids is 1. The lowest BCUT2D eigenvalue weighted by molar-refractivity contribution is -0.192. The van der Waals surface area contributed by atoms with Crippen molar-refractivity contribution in [1.82, 2.24) is 4.90 Å². The predicted octanol–water partition coefficient (Wildman–Crippen LogP) is 3.34. The number of carbonyl (C=O) groups is 1. The molecule has 2 N–H and O–H groups in total. The third kappa shape index (κ3) is 5.78. The number of benzene rings is 1. The second-order valence-corrected chi connectivity index (χ2v) is 7.85. The van der Waals surface area contributed by atoms with Gasteiger partial charge in [0.2, 0.25) is 0 Å². The Balaban J connectivity index is 0.000000345. The quantitative estimate of drug-likeness (QED) is 0.777. The van der Waals surface area contributed by atoms with E-state index in [4.69, 9.17) is 14.6 Å². The maximum Gasteiger partial charge on any atom is 0.490 e. The molecule has 1 saturated heterocycles. The summed E-state index contributed by atoms with van der Waals surface area (Å²) in [6.45, 7) is 4.43. The summed E-state index contributed by atoms with van der Waals surface area (Å²) < 4.78 is 38.1. The number of alkyl halides is 3. The van der Waals surface area contributed by atoms with Crippen molar-refractivity contribution in [2.75, 3.05) is 25.1 Å². The Bertz CT molecular complexity index is 671. The number of halogens is 3. The van der Waals surface area contributed by atoms with Gasteiger partial charge in [-0.3, -0.25) is 4.90 Å². The summed E-state index contributed by atoms with van der Waals surface area (Å²) in [7, 11) is 0. The Morgan fingerprint density at radius 2 is 2.04 bits per heavy atom. The summed E-state index contributed by atoms with van der Waals surface area (Å²) >= 11 is 1.86. The molecule has 0 radical (unpaired) electrons. The molecular formula is C19H26F3NO4S. The molecule has 9 heteroatoms. The summed E-state index contributed by atoms with van der Waals surface area (Å²) in [6, 6.07) is 6.38. The molecule has 1 heterocycles.